The number of rotatable bonds is 4. The molecule has 6 heteroatoms. The molecule has 0 heterocycles. The molecule has 3 nitrogen and oxygen atoms in total. The number of benzene rings is 1. The van der Waals surface area contributed by atoms with Crippen molar-refractivity contribution in [2.24, 2.45) is 0 Å². The molecule has 0 bridgehead atoms. The molecule has 1 N–H and O–H groups in total. The molecule has 0 aliphatic rings. The molecule has 0 radical (unpaired) electrons. The van der Waals surface area contributed by atoms with E-state index in [1.807, 2.05) is 0 Å². The van der Waals surface area contributed by atoms with E-state index < -0.39 is 11.6 Å². The van der Waals surface area contributed by atoms with Gasteiger partial charge in [0.15, 0.2) is 5.05 Å². The predicted molar refractivity (Wildman–Crippen MR) is 68.6 cm³/mol. The summed E-state index contributed by atoms with van der Waals surface area (Å²) in [5.41, 5.74) is 0.117. The zero-order valence-electron chi connectivity index (χ0n) is 10.0. The largest absolute Gasteiger partial charge is 0.490 e. The second-order valence-electron chi connectivity index (χ2n) is 3.58. The van der Waals surface area contributed by atoms with Crippen LogP contribution in [0.25, 0.3) is 0 Å². The third-order valence-electron chi connectivity index (χ3n) is 2.29. The zero-order valence-corrected chi connectivity index (χ0v) is 10.9. The van der Waals surface area contributed by atoms with Gasteiger partial charge in [0.05, 0.1) is 12.8 Å². The molecular weight excluding hydrogens is 260 g/mol. The maximum absolute atomic E-state index is 13.5. The molecule has 0 saturated heterocycles. The monoisotopic (exact) mass is 273 g/mol. The van der Waals surface area contributed by atoms with Crippen LogP contribution in [0.3, 0.4) is 0 Å². The van der Waals surface area contributed by atoms with Crippen molar-refractivity contribution < 1.29 is 18.3 Å². The highest BCUT2D eigenvalue weighted by Gasteiger charge is 2.13. The quantitative estimate of drug-likeness (QED) is 0.857. The van der Waals surface area contributed by atoms with Crippen LogP contribution in [0.15, 0.2) is 12.1 Å². The Bertz CT molecular complexity index is 438. The molecule has 98 valence electrons. The Hall–Kier alpha value is -1.56. The first-order valence-electron chi connectivity index (χ1n) is 5.32. The number of thiocarbonyl (C=S) groups is 1. The van der Waals surface area contributed by atoms with Crippen LogP contribution < -0.4 is 5.32 Å². The SMILES string of the molecule is CCC(=O)Nc1cc(CC(=S)OC)c(F)cc1F. The number of methoxy groups -OCH3 is 1. The highest BCUT2D eigenvalue weighted by molar-refractivity contribution is 7.80. The fourth-order valence-electron chi connectivity index (χ4n) is 1.29. The summed E-state index contributed by atoms with van der Waals surface area (Å²) in [6.07, 6.45) is 0.259. The van der Waals surface area contributed by atoms with Gasteiger partial charge < -0.3 is 10.1 Å². The first-order chi connectivity index (χ1) is 8.47. The van der Waals surface area contributed by atoms with E-state index >= 15 is 0 Å². The van der Waals surface area contributed by atoms with E-state index in [4.69, 9.17) is 17.0 Å². The Morgan fingerprint density at radius 2 is 2.06 bits per heavy atom. The lowest BCUT2D eigenvalue weighted by molar-refractivity contribution is -0.115. The third-order valence-corrected chi connectivity index (χ3v) is 2.60. The summed E-state index contributed by atoms with van der Waals surface area (Å²) in [6, 6.07) is 1.95. The fraction of sp³-hybridized carbons (Fsp3) is 0.333. The normalized spacial score (nSPS) is 10.0. The summed E-state index contributed by atoms with van der Waals surface area (Å²) >= 11 is 4.81. The number of ether oxygens (including phenoxy) is 1. The number of hydrogen-bond donors (Lipinski definition) is 1. The summed E-state index contributed by atoms with van der Waals surface area (Å²) in [7, 11) is 1.38. The smallest absolute Gasteiger partial charge is 0.224 e. The molecule has 0 spiro atoms. The highest BCUT2D eigenvalue weighted by atomic mass is 32.1. The van der Waals surface area contributed by atoms with Gasteiger partial charge in [0.1, 0.15) is 11.6 Å². The number of carbonyl (C=O) groups excluding carboxylic acids is 1. The predicted octanol–water partition coefficient (Wildman–Crippen LogP) is 2.83. The number of nitrogens with one attached hydrogen (secondary N) is 1. The minimum absolute atomic E-state index is 0.0486. The molecular formula is C12H13F2NO2S. The molecule has 1 aromatic rings. The Balaban J connectivity index is 3.02. The van der Waals surface area contributed by atoms with Crippen molar-refractivity contribution in [1.29, 1.82) is 0 Å². The van der Waals surface area contributed by atoms with Crippen LogP contribution in [0.5, 0.6) is 0 Å². The molecule has 0 unspecified atom stereocenters. The van der Waals surface area contributed by atoms with Gasteiger partial charge in [-0.05, 0) is 23.8 Å². The van der Waals surface area contributed by atoms with Crippen LogP contribution >= 0.6 is 12.2 Å². The van der Waals surface area contributed by atoms with E-state index in [2.05, 4.69) is 5.32 Å². The molecule has 0 aliphatic heterocycles. The van der Waals surface area contributed by atoms with E-state index in [0.29, 0.717) is 0 Å². The fourth-order valence-corrected chi connectivity index (χ4v) is 1.45. The first-order valence-corrected chi connectivity index (χ1v) is 5.73. The van der Waals surface area contributed by atoms with E-state index in [1.54, 1.807) is 6.92 Å². The van der Waals surface area contributed by atoms with E-state index in [-0.39, 0.29) is 35.1 Å². The summed E-state index contributed by atoms with van der Waals surface area (Å²) in [6.45, 7) is 1.64. The summed E-state index contributed by atoms with van der Waals surface area (Å²) < 4.78 is 31.7. The van der Waals surface area contributed by atoms with Crippen LogP contribution in [-0.4, -0.2) is 18.1 Å². The minimum atomic E-state index is -0.818. The van der Waals surface area contributed by atoms with Gasteiger partial charge in [-0.25, -0.2) is 8.78 Å². The molecule has 0 aromatic heterocycles. The van der Waals surface area contributed by atoms with E-state index in [9.17, 15) is 13.6 Å². The average molecular weight is 273 g/mol. The zero-order chi connectivity index (χ0) is 13.7. The third kappa shape index (κ3) is 3.73. The van der Waals surface area contributed by atoms with Crippen molar-refractivity contribution in [3.05, 3.63) is 29.3 Å². The lowest BCUT2D eigenvalue weighted by Gasteiger charge is -2.09. The first kappa shape index (κ1) is 14.5. The van der Waals surface area contributed by atoms with E-state index in [1.165, 1.54) is 13.2 Å². The number of carbonyl (C=O) groups is 1. The van der Waals surface area contributed by atoms with Gasteiger partial charge in [0, 0.05) is 18.9 Å². The maximum Gasteiger partial charge on any atom is 0.224 e. The van der Waals surface area contributed by atoms with Crippen LogP contribution in [0.4, 0.5) is 14.5 Å². The van der Waals surface area contributed by atoms with Gasteiger partial charge in [-0.3, -0.25) is 4.79 Å². The molecule has 0 saturated carbocycles. The Labute approximate surface area is 109 Å². The number of anilines is 1. The molecule has 0 aliphatic carbocycles. The molecule has 18 heavy (non-hydrogen) atoms. The molecule has 0 fully saturated rings. The van der Waals surface area contributed by atoms with Crippen molar-refractivity contribution >= 4 is 28.9 Å². The van der Waals surface area contributed by atoms with Gasteiger partial charge in [0.25, 0.3) is 0 Å². The van der Waals surface area contributed by atoms with Crippen LogP contribution in [0.1, 0.15) is 18.9 Å². The molecule has 1 aromatic carbocycles. The highest BCUT2D eigenvalue weighted by Crippen LogP contribution is 2.20. The van der Waals surface area contributed by atoms with Gasteiger partial charge >= 0.3 is 0 Å². The van der Waals surface area contributed by atoms with Crippen molar-refractivity contribution in [2.45, 2.75) is 19.8 Å². The van der Waals surface area contributed by atoms with Crippen molar-refractivity contribution in [3.63, 3.8) is 0 Å². The number of amides is 1. The summed E-state index contributed by atoms with van der Waals surface area (Å²) in [4.78, 5) is 11.2. The van der Waals surface area contributed by atoms with Crippen molar-refractivity contribution in [3.8, 4) is 0 Å². The number of halogens is 2. The van der Waals surface area contributed by atoms with Gasteiger partial charge in [-0.15, -0.1) is 0 Å². The average Bonchev–Trinajstić information content (AvgIpc) is 2.34. The maximum atomic E-state index is 13.5. The second-order valence-corrected chi connectivity index (χ2v) is 4.03. The van der Waals surface area contributed by atoms with E-state index in [0.717, 1.165) is 6.07 Å². The molecule has 1 rings (SSSR count). The topological polar surface area (TPSA) is 38.3 Å². The van der Waals surface area contributed by atoms with Gasteiger partial charge in [-0.2, -0.15) is 0 Å². The van der Waals surface area contributed by atoms with Gasteiger partial charge in [-0.1, -0.05) is 6.92 Å². The number of hydrogen-bond acceptors (Lipinski definition) is 3. The lowest BCUT2D eigenvalue weighted by Crippen LogP contribution is -2.12. The van der Waals surface area contributed by atoms with Crippen LogP contribution in [0.2, 0.25) is 0 Å². The Morgan fingerprint density at radius 1 is 1.39 bits per heavy atom. The van der Waals surface area contributed by atoms with Crippen molar-refractivity contribution in [2.75, 3.05) is 12.4 Å². The molecule has 0 atom stereocenters. The van der Waals surface area contributed by atoms with Crippen LogP contribution in [0, 0.1) is 11.6 Å². The summed E-state index contributed by atoms with van der Waals surface area (Å²) in [5.74, 6) is -1.89. The standard InChI is InChI=1S/C12H13F2NO2S/c1-3-11(16)15-10-4-7(5-12(18)17-2)8(13)6-9(10)14/h4,6H,3,5H2,1-2H3,(H,15,16). The second kappa shape index (κ2) is 6.39. The Kier molecular flexibility index (Phi) is 5.15. The Morgan fingerprint density at radius 3 is 2.61 bits per heavy atom. The van der Waals surface area contributed by atoms with Crippen LogP contribution in [-0.2, 0) is 16.0 Å². The van der Waals surface area contributed by atoms with Gasteiger partial charge in [0.2, 0.25) is 5.91 Å². The minimum Gasteiger partial charge on any atom is -0.490 e. The summed E-state index contributed by atoms with van der Waals surface area (Å²) in [5, 5.41) is 2.54. The molecule has 1 amide bonds. The lowest BCUT2D eigenvalue weighted by atomic mass is 10.1. The van der Waals surface area contributed by atoms with Crippen molar-refractivity contribution in [1.82, 2.24) is 0 Å².